The second-order valence-corrected chi connectivity index (χ2v) is 7.18. The topological polar surface area (TPSA) is 63.6 Å². The number of aliphatic hydroxyl groups excluding tert-OH is 1. The molecule has 0 radical (unpaired) electrons. The molecule has 1 aliphatic carbocycles. The average Bonchev–Trinajstić information content (AvgIpc) is 2.77. The van der Waals surface area contributed by atoms with Gasteiger partial charge >= 0.3 is 0 Å². The number of ketones is 2. The Kier molecular flexibility index (Phi) is 6.16. The normalized spacial score (nSPS) is 26.6. The van der Waals surface area contributed by atoms with Crippen molar-refractivity contribution in [3.05, 3.63) is 29.8 Å². The molecule has 0 aliphatic heterocycles. The van der Waals surface area contributed by atoms with Crippen LogP contribution in [0.2, 0.25) is 0 Å². The van der Waals surface area contributed by atoms with Gasteiger partial charge in [-0.25, -0.2) is 0 Å². The molecule has 0 spiro atoms. The zero-order valence-electron chi connectivity index (χ0n) is 14.9. The quantitative estimate of drug-likeness (QED) is 0.793. The van der Waals surface area contributed by atoms with Crippen molar-refractivity contribution in [1.29, 1.82) is 0 Å². The number of carbonyl (C=O) groups excluding carboxylic acids is 2. The Morgan fingerprint density at radius 1 is 1.38 bits per heavy atom. The Labute approximate surface area is 144 Å². The van der Waals surface area contributed by atoms with E-state index < -0.39 is 11.5 Å². The highest BCUT2D eigenvalue weighted by atomic mass is 16.5. The lowest BCUT2D eigenvalue weighted by Gasteiger charge is -2.26. The van der Waals surface area contributed by atoms with Crippen molar-refractivity contribution in [3.8, 4) is 5.75 Å². The van der Waals surface area contributed by atoms with Gasteiger partial charge in [0.1, 0.15) is 17.3 Å². The third kappa shape index (κ3) is 4.23. The largest absolute Gasteiger partial charge is 0.497 e. The number of benzene rings is 1. The second-order valence-electron chi connectivity index (χ2n) is 7.18. The summed E-state index contributed by atoms with van der Waals surface area (Å²) in [5, 5.41) is 10.1. The van der Waals surface area contributed by atoms with Gasteiger partial charge in [-0.15, -0.1) is 0 Å². The van der Waals surface area contributed by atoms with Gasteiger partial charge in [0.2, 0.25) is 0 Å². The number of rotatable bonds is 8. The molecule has 1 aliphatic rings. The van der Waals surface area contributed by atoms with Gasteiger partial charge in [-0.1, -0.05) is 26.0 Å². The molecule has 4 nitrogen and oxygen atoms in total. The van der Waals surface area contributed by atoms with E-state index >= 15 is 0 Å². The van der Waals surface area contributed by atoms with Crippen LogP contribution in [0.15, 0.2) is 24.3 Å². The fourth-order valence-corrected chi connectivity index (χ4v) is 3.56. The molecule has 2 rings (SSSR count). The maximum atomic E-state index is 12.2. The molecule has 1 fully saturated rings. The molecule has 0 bridgehead atoms. The molecular weight excluding hydrogens is 304 g/mol. The van der Waals surface area contributed by atoms with Crippen LogP contribution in [0.1, 0.15) is 51.5 Å². The fraction of sp³-hybridized carbons (Fsp3) is 0.600. The second kappa shape index (κ2) is 7.93. The van der Waals surface area contributed by atoms with Crippen LogP contribution in [0.3, 0.4) is 0 Å². The summed E-state index contributed by atoms with van der Waals surface area (Å²) in [7, 11) is 1.64. The van der Waals surface area contributed by atoms with Crippen LogP contribution >= 0.6 is 0 Å². The minimum Gasteiger partial charge on any atom is -0.497 e. The van der Waals surface area contributed by atoms with Crippen molar-refractivity contribution < 1.29 is 19.4 Å². The summed E-state index contributed by atoms with van der Waals surface area (Å²) in [6, 6.07) is 7.87. The molecule has 1 aromatic rings. The van der Waals surface area contributed by atoms with Gasteiger partial charge in [0.25, 0.3) is 0 Å². The highest BCUT2D eigenvalue weighted by Gasteiger charge is 2.48. The average molecular weight is 332 g/mol. The highest BCUT2D eigenvalue weighted by molar-refractivity contribution is 5.90. The molecular formula is C20H28O4. The minimum atomic E-state index is -0.748. The van der Waals surface area contributed by atoms with E-state index in [2.05, 4.69) is 0 Å². The van der Waals surface area contributed by atoms with Crippen molar-refractivity contribution >= 4 is 11.6 Å². The van der Waals surface area contributed by atoms with E-state index in [0.717, 1.165) is 24.2 Å². The number of Topliss-reactive ketones (excluding diaryl/α,β-unsaturated/α-hetero) is 2. The number of aryl methyl sites for hydroxylation is 1. The van der Waals surface area contributed by atoms with Crippen molar-refractivity contribution in [3.63, 3.8) is 0 Å². The molecule has 3 atom stereocenters. The van der Waals surface area contributed by atoms with Crippen molar-refractivity contribution in [2.75, 3.05) is 7.11 Å². The summed E-state index contributed by atoms with van der Waals surface area (Å²) in [5.41, 5.74) is 0.409. The van der Waals surface area contributed by atoms with Crippen molar-refractivity contribution in [2.24, 2.45) is 11.3 Å². The molecule has 0 amide bonds. The van der Waals surface area contributed by atoms with Gasteiger partial charge in [-0.2, -0.15) is 0 Å². The zero-order chi connectivity index (χ0) is 17.7. The summed E-state index contributed by atoms with van der Waals surface area (Å²) in [6.07, 6.45) is 2.84. The lowest BCUT2D eigenvalue weighted by molar-refractivity contribution is -0.131. The summed E-state index contributed by atoms with van der Waals surface area (Å²) >= 11 is 0. The molecule has 1 aromatic carbocycles. The van der Waals surface area contributed by atoms with Crippen LogP contribution in [0.25, 0.3) is 0 Å². The van der Waals surface area contributed by atoms with E-state index in [1.807, 2.05) is 31.2 Å². The van der Waals surface area contributed by atoms with Crippen LogP contribution in [0.4, 0.5) is 0 Å². The molecule has 0 saturated heterocycles. The number of methoxy groups -OCH3 is 1. The molecule has 1 saturated carbocycles. The molecule has 0 heterocycles. The lowest BCUT2D eigenvalue weighted by Crippen LogP contribution is -2.34. The smallest absolute Gasteiger partial charge is 0.144 e. The van der Waals surface area contributed by atoms with E-state index in [0.29, 0.717) is 25.7 Å². The number of hydrogen-bond acceptors (Lipinski definition) is 4. The first kappa shape index (κ1) is 18.7. The Morgan fingerprint density at radius 3 is 2.75 bits per heavy atom. The molecule has 0 unspecified atom stereocenters. The minimum absolute atomic E-state index is 0.0965. The maximum absolute atomic E-state index is 12.2. The summed E-state index contributed by atoms with van der Waals surface area (Å²) in [5.74, 6) is 0.987. The molecule has 132 valence electrons. The highest BCUT2D eigenvalue weighted by Crippen LogP contribution is 2.41. The Hall–Kier alpha value is -1.68. The Balaban J connectivity index is 1.76. The van der Waals surface area contributed by atoms with E-state index in [-0.39, 0.29) is 17.5 Å². The van der Waals surface area contributed by atoms with E-state index in [9.17, 15) is 14.7 Å². The predicted molar refractivity (Wildman–Crippen MR) is 93.1 cm³/mol. The van der Waals surface area contributed by atoms with E-state index in [1.165, 1.54) is 0 Å². The summed E-state index contributed by atoms with van der Waals surface area (Å²) in [6.45, 7) is 3.65. The summed E-state index contributed by atoms with van der Waals surface area (Å²) in [4.78, 5) is 24.4. The van der Waals surface area contributed by atoms with Crippen molar-refractivity contribution in [2.45, 2.75) is 58.5 Å². The Bertz CT molecular complexity index is 595. The van der Waals surface area contributed by atoms with Gasteiger partial charge in [0.05, 0.1) is 18.6 Å². The number of ether oxygens (including phenoxy) is 1. The van der Waals surface area contributed by atoms with Gasteiger partial charge < -0.3 is 9.84 Å². The monoisotopic (exact) mass is 332 g/mol. The first-order valence-electron chi connectivity index (χ1n) is 8.74. The lowest BCUT2D eigenvalue weighted by atomic mass is 9.79. The first-order valence-corrected chi connectivity index (χ1v) is 8.74. The van der Waals surface area contributed by atoms with E-state index in [4.69, 9.17) is 4.74 Å². The third-order valence-corrected chi connectivity index (χ3v) is 5.30. The molecule has 24 heavy (non-hydrogen) atoms. The van der Waals surface area contributed by atoms with Crippen LogP contribution in [0.5, 0.6) is 5.75 Å². The van der Waals surface area contributed by atoms with Crippen LogP contribution < -0.4 is 4.74 Å². The van der Waals surface area contributed by atoms with Gasteiger partial charge in [-0.05, 0) is 43.4 Å². The number of carbonyl (C=O) groups is 2. The van der Waals surface area contributed by atoms with Crippen LogP contribution in [-0.2, 0) is 16.0 Å². The number of hydrogen-bond donors (Lipinski definition) is 1. The number of aliphatic hydroxyl groups is 1. The van der Waals surface area contributed by atoms with Gasteiger partial charge in [0.15, 0.2) is 0 Å². The maximum Gasteiger partial charge on any atom is 0.144 e. The van der Waals surface area contributed by atoms with Crippen LogP contribution in [-0.4, -0.2) is 29.9 Å². The molecule has 4 heteroatoms. The standard InChI is InChI=1S/C20H28O4/c1-14-12-18(22)20(2,19(14)23)11-10-16(21)8-4-6-15-7-5-9-17(13-15)24-3/h5,7,9,13-14,18,22H,4,6,8,10-12H2,1-3H3/t14-,18+,20-/m1/s1. The first-order chi connectivity index (χ1) is 11.4. The van der Waals surface area contributed by atoms with E-state index in [1.54, 1.807) is 14.0 Å². The molecule has 1 N–H and O–H groups in total. The third-order valence-electron chi connectivity index (χ3n) is 5.30. The van der Waals surface area contributed by atoms with Crippen LogP contribution in [0, 0.1) is 11.3 Å². The SMILES string of the molecule is COc1cccc(CCCC(=O)CC[C@@]2(C)C(=O)[C@H](C)C[C@@H]2O)c1. The predicted octanol–water partition coefficient (Wildman–Crippen LogP) is 3.34. The van der Waals surface area contributed by atoms with Gasteiger partial charge in [0, 0.05) is 18.8 Å². The molecule has 0 aromatic heterocycles. The Morgan fingerprint density at radius 2 is 2.12 bits per heavy atom. The van der Waals surface area contributed by atoms with Crippen molar-refractivity contribution in [1.82, 2.24) is 0 Å². The van der Waals surface area contributed by atoms with Gasteiger partial charge in [-0.3, -0.25) is 9.59 Å². The zero-order valence-corrected chi connectivity index (χ0v) is 14.9. The summed E-state index contributed by atoms with van der Waals surface area (Å²) < 4.78 is 5.20. The fourth-order valence-electron chi connectivity index (χ4n) is 3.56.